The Labute approximate surface area is 206 Å². The molecule has 0 radical (unpaired) electrons. The van der Waals surface area contributed by atoms with Gasteiger partial charge >= 0.3 is 6.03 Å². The van der Waals surface area contributed by atoms with Crippen molar-refractivity contribution in [2.75, 3.05) is 25.5 Å². The zero-order valence-corrected chi connectivity index (χ0v) is 20.4. The quantitative estimate of drug-likeness (QED) is 0.543. The summed E-state index contributed by atoms with van der Waals surface area (Å²) < 4.78 is 0. The second-order valence-corrected chi connectivity index (χ2v) is 9.73. The lowest BCUT2D eigenvalue weighted by molar-refractivity contribution is 0.0696. The van der Waals surface area contributed by atoms with Crippen LogP contribution in [0.25, 0.3) is 0 Å². The van der Waals surface area contributed by atoms with Crippen molar-refractivity contribution in [3.63, 3.8) is 0 Å². The lowest BCUT2D eigenvalue weighted by Crippen LogP contribution is -2.42. The standard InChI is InChI=1S/C27H32ClN3O3/c1-30(22-10-6-3-7-11-22)26(33)23-13-12-21(18-24(23)28)29-27(34)31-16-14-20(15-17-31)25(32)19-8-4-2-5-9-19/h2,4-5,8-9,12-13,18,20,22H,3,6-7,10-11,14-17H2,1H3,(H,29,34). The summed E-state index contributed by atoms with van der Waals surface area (Å²) in [7, 11) is 1.84. The largest absolute Gasteiger partial charge is 0.339 e. The molecule has 1 aliphatic carbocycles. The smallest absolute Gasteiger partial charge is 0.321 e. The molecular weight excluding hydrogens is 450 g/mol. The van der Waals surface area contributed by atoms with Crippen molar-refractivity contribution in [2.45, 2.75) is 51.0 Å². The summed E-state index contributed by atoms with van der Waals surface area (Å²) in [6.07, 6.45) is 6.88. The fraction of sp³-hybridized carbons (Fsp3) is 0.444. The van der Waals surface area contributed by atoms with E-state index in [1.54, 1.807) is 28.0 Å². The number of urea groups is 1. The van der Waals surface area contributed by atoms with Crippen molar-refractivity contribution in [3.8, 4) is 0 Å². The maximum Gasteiger partial charge on any atom is 0.321 e. The number of hydrogen-bond donors (Lipinski definition) is 1. The lowest BCUT2D eigenvalue weighted by Gasteiger charge is -2.32. The van der Waals surface area contributed by atoms with E-state index in [4.69, 9.17) is 11.6 Å². The van der Waals surface area contributed by atoms with Gasteiger partial charge in [-0.05, 0) is 43.9 Å². The maximum absolute atomic E-state index is 13.0. The highest BCUT2D eigenvalue weighted by atomic mass is 35.5. The number of nitrogens with one attached hydrogen (secondary N) is 1. The highest BCUT2D eigenvalue weighted by Crippen LogP contribution is 2.27. The van der Waals surface area contributed by atoms with Gasteiger partial charge in [0.05, 0.1) is 10.6 Å². The molecule has 2 fully saturated rings. The number of piperidine rings is 1. The van der Waals surface area contributed by atoms with Crippen LogP contribution in [0.3, 0.4) is 0 Å². The summed E-state index contributed by atoms with van der Waals surface area (Å²) in [4.78, 5) is 41.9. The van der Waals surface area contributed by atoms with Gasteiger partial charge in [-0.25, -0.2) is 4.79 Å². The molecule has 7 heteroatoms. The van der Waals surface area contributed by atoms with E-state index < -0.39 is 0 Å². The van der Waals surface area contributed by atoms with E-state index in [0.717, 1.165) is 31.2 Å². The summed E-state index contributed by atoms with van der Waals surface area (Å²) in [5.74, 6) is -0.00170. The monoisotopic (exact) mass is 481 g/mol. The number of ketones is 1. The molecule has 2 aromatic carbocycles. The predicted molar refractivity (Wildman–Crippen MR) is 135 cm³/mol. The number of benzene rings is 2. The maximum atomic E-state index is 13.0. The van der Waals surface area contributed by atoms with Crippen LogP contribution in [0.2, 0.25) is 5.02 Å². The Bertz CT molecular complexity index is 1030. The number of amides is 3. The minimum absolute atomic E-state index is 0.0626. The number of nitrogens with zero attached hydrogens (tertiary/aromatic N) is 2. The van der Waals surface area contributed by atoms with E-state index in [2.05, 4.69) is 5.32 Å². The normalized spacial score (nSPS) is 17.3. The van der Waals surface area contributed by atoms with Gasteiger partial charge in [-0.2, -0.15) is 0 Å². The van der Waals surface area contributed by atoms with Gasteiger partial charge in [0.15, 0.2) is 5.78 Å². The highest BCUT2D eigenvalue weighted by molar-refractivity contribution is 6.34. The van der Waals surface area contributed by atoms with Gasteiger partial charge in [-0.3, -0.25) is 9.59 Å². The number of carbonyl (C=O) groups is 3. The zero-order valence-electron chi connectivity index (χ0n) is 19.6. The fourth-order valence-corrected chi connectivity index (χ4v) is 5.24. The van der Waals surface area contributed by atoms with Gasteiger partial charge in [-0.1, -0.05) is 61.2 Å². The van der Waals surface area contributed by atoms with Gasteiger partial charge in [0.1, 0.15) is 0 Å². The van der Waals surface area contributed by atoms with Crippen molar-refractivity contribution in [1.82, 2.24) is 9.80 Å². The van der Waals surface area contributed by atoms with Gasteiger partial charge in [-0.15, -0.1) is 0 Å². The molecule has 180 valence electrons. The van der Waals surface area contributed by atoms with Crippen LogP contribution in [0, 0.1) is 5.92 Å². The van der Waals surface area contributed by atoms with Crippen LogP contribution in [0.15, 0.2) is 48.5 Å². The van der Waals surface area contributed by atoms with Crippen LogP contribution in [-0.4, -0.2) is 53.7 Å². The summed E-state index contributed by atoms with van der Waals surface area (Å²) in [6.45, 7) is 1.04. The number of Topliss-reactive ketones (excluding diaryl/α,β-unsaturated/α-hetero) is 1. The van der Waals surface area contributed by atoms with Crippen LogP contribution >= 0.6 is 11.6 Å². The molecule has 1 N–H and O–H groups in total. The van der Waals surface area contributed by atoms with E-state index in [-0.39, 0.29) is 29.7 Å². The molecule has 34 heavy (non-hydrogen) atoms. The molecular formula is C27H32ClN3O3. The van der Waals surface area contributed by atoms with Crippen LogP contribution in [0.4, 0.5) is 10.5 Å². The average molecular weight is 482 g/mol. The number of likely N-dealkylation sites (tertiary alicyclic amines) is 1. The van der Waals surface area contributed by atoms with Crippen molar-refractivity contribution < 1.29 is 14.4 Å². The fourth-order valence-electron chi connectivity index (χ4n) is 4.98. The summed E-state index contributed by atoms with van der Waals surface area (Å²) >= 11 is 6.44. The number of halogens is 1. The van der Waals surface area contributed by atoms with E-state index >= 15 is 0 Å². The molecule has 1 saturated heterocycles. The molecule has 0 spiro atoms. The molecule has 4 rings (SSSR count). The summed E-state index contributed by atoms with van der Waals surface area (Å²) in [5.41, 5.74) is 1.73. The number of rotatable bonds is 5. The second-order valence-electron chi connectivity index (χ2n) is 9.32. The molecule has 2 aromatic rings. The van der Waals surface area contributed by atoms with Gasteiger partial charge in [0.25, 0.3) is 5.91 Å². The predicted octanol–water partition coefficient (Wildman–Crippen LogP) is 5.87. The molecule has 0 bridgehead atoms. The molecule has 0 unspecified atom stereocenters. The molecule has 1 aliphatic heterocycles. The van der Waals surface area contributed by atoms with Crippen LogP contribution in [-0.2, 0) is 0 Å². The van der Waals surface area contributed by atoms with Crippen LogP contribution < -0.4 is 5.32 Å². The molecule has 0 aromatic heterocycles. The summed E-state index contributed by atoms with van der Waals surface area (Å²) in [6, 6.07) is 14.4. The third kappa shape index (κ3) is 5.61. The third-order valence-corrected chi connectivity index (χ3v) is 7.42. The number of anilines is 1. The van der Waals surface area contributed by atoms with Gasteiger partial charge in [0, 0.05) is 43.3 Å². The third-order valence-electron chi connectivity index (χ3n) is 7.10. The van der Waals surface area contributed by atoms with E-state index in [9.17, 15) is 14.4 Å². The first-order valence-corrected chi connectivity index (χ1v) is 12.5. The average Bonchev–Trinajstić information content (AvgIpc) is 2.88. The molecule has 1 heterocycles. The van der Waals surface area contributed by atoms with Crippen molar-refractivity contribution >= 4 is 35.0 Å². The Morgan fingerprint density at radius 2 is 1.62 bits per heavy atom. The lowest BCUT2D eigenvalue weighted by atomic mass is 9.89. The molecule has 1 saturated carbocycles. The first-order valence-electron chi connectivity index (χ1n) is 12.2. The molecule has 6 nitrogen and oxygen atoms in total. The topological polar surface area (TPSA) is 69.7 Å². The van der Waals surface area contributed by atoms with Crippen molar-refractivity contribution in [2.24, 2.45) is 5.92 Å². The number of carbonyl (C=O) groups excluding carboxylic acids is 3. The molecule has 2 aliphatic rings. The Morgan fingerprint density at radius 3 is 2.26 bits per heavy atom. The first-order chi connectivity index (χ1) is 16.4. The van der Waals surface area contributed by atoms with Crippen molar-refractivity contribution in [1.29, 1.82) is 0 Å². The zero-order chi connectivity index (χ0) is 24.1. The Morgan fingerprint density at radius 1 is 0.941 bits per heavy atom. The SMILES string of the molecule is CN(C(=O)c1ccc(NC(=O)N2CCC(C(=O)c3ccccc3)CC2)cc1Cl)C1CCCCC1. The van der Waals surface area contributed by atoms with E-state index in [0.29, 0.717) is 42.2 Å². The van der Waals surface area contributed by atoms with E-state index in [1.165, 1.54) is 6.42 Å². The summed E-state index contributed by atoms with van der Waals surface area (Å²) in [5, 5.41) is 3.21. The van der Waals surface area contributed by atoms with E-state index in [1.807, 2.05) is 37.4 Å². The number of hydrogen-bond acceptors (Lipinski definition) is 3. The first kappa shape index (κ1) is 24.3. The van der Waals surface area contributed by atoms with Crippen LogP contribution in [0.5, 0.6) is 0 Å². The van der Waals surface area contributed by atoms with Crippen molar-refractivity contribution in [3.05, 3.63) is 64.7 Å². The minimum Gasteiger partial charge on any atom is -0.339 e. The molecule has 0 atom stereocenters. The Balaban J connectivity index is 1.31. The van der Waals surface area contributed by atoms with Crippen LogP contribution in [0.1, 0.15) is 65.7 Å². The molecule has 3 amide bonds. The minimum atomic E-state index is -0.222. The van der Waals surface area contributed by atoms with Gasteiger partial charge < -0.3 is 15.1 Å². The second kappa shape index (κ2) is 11.0. The Kier molecular flexibility index (Phi) is 7.88. The Hall–Kier alpha value is -2.86. The van der Waals surface area contributed by atoms with Gasteiger partial charge in [0.2, 0.25) is 0 Å². The highest BCUT2D eigenvalue weighted by Gasteiger charge is 2.28.